The van der Waals surface area contributed by atoms with Gasteiger partial charge in [0.2, 0.25) is 0 Å². The summed E-state index contributed by atoms with van der Waals surface area (Å²) in [7, 11) is 0. The third-order valence-corrected chi connectivity index (χ3v) is 3.20. The molecule has 1 unspecified atom stereocenters. The molecule has 3 rings (SSSR count). The maximum absolute atomic E-state index is 11.5. The first-order valence-electron chi connectivity index (χ1n) is 6.26. The third-order valence-electron chi connectivity index (χ3n) is 3.20. The van der Waals surface area contributed by atoms with Crippen molar-refractivity contribution < 1.29 is 4.74 Å². The van der Waals surface area contributed by atoms with Crippen LogP contribution in [0.2, 0.25) is 0 Å². The molecular weight excluding hydrogens is 218 g/mol. The zero-order chi connectivity index (χ0) is 11.7. The molecule has 0 aromatic carbocycles. The van der Waals surface area contributed by atoms with Gasteiger partial charge in [-0.1, -0.05) is 0 Å². The van der Waals surface area contributed by atoms with Crippen molar-refractivity contribution in [3.05, 3.63) is 27.9 Å². The number of aromatic amines is 1. The summed E-state index contributed by atoms with van der Waals surface area (Å²) in [5, 5.41) is 3.36. The van der Waals surface area contributed by atoms with Gasteiger partial charge in [0.15, 0.2) is 0 Å². The lowest BCUT2D eigenvalue weighted by Crippen LogP contribution is -2.21. The van der Waals surface area contributed by atoms with E-state index in [1.54, 1.807) is 6.07 Å². The molecule has 1 saturated carbocycles. The van der Waals surface area contributed by atoms with Crippen LogP contribution < -0.4 is 10.9 Å². The second-order valence-corrected chi connectivity index (χ2v) is 4.78. The van der Waals surface area contributed by atoms with Crippen LogP contribution in [0.4, 0.5) is 0 Å². The summed E-state index contributed by atoms with van der Waals surface area (Å²) in [4.78, 5) is 18.8. The molecule has 5 heteroatoms. The van der Waals surface area contributed by atoms with E-state index in [1.807, 2.05) is 0 Å². The quantitative estimate of drug-likeness (QED) is 0.812. The Bertz CT molecular complexity index is 447. The summed E-state index contributed by atoms with van der Waals surface area (Å²) in [5.74, 6) is 0.683. The highest BCUT2D eigenvalue weighted by Gasteiger charge is 2.22. The van der Waals surface area contributed by atoms with E-state index in [1.165, 1.54) is 12.8 Å². The Morgan fingerprint density at radius 3 is 3.06 bits per heavy atom. The van der Waals surface area contributed by atoms with Crippen molar-refractivity contribution in [2.45, 2.75) is 44.4 Å². The Kier molecular flexibility index (Phi) is 2.94. The van der Waals surface area contributed by atoms with E-state index in [2.05, 4.69) is 15.3 Å². The SMILES string of the molecule is O=c1cc(CNC2CC2)nc(C2CCCO2)[nH]1. The lowest BCUT2D eigenvalue weighted by molar-refractivity contribution is 0.104. The summed E-state index contributed by atoms with van der Waals surface area (Å²) in [5.41, 5.74) is 0.726. The van der Waals surface area contributed by atoms with Gasteiger partial charge in [-0.25, -0.2) is 4.98 Å². The molecule has 1 aliphatic heterocycles. The predicted molar refractivity (Wildman–Crippen MR) is 62.6 cm³/mol. The van der Waals surface area contributed by atoms with Gasteiger partial charge >= 0.3 is 0 Å². The molecule has 0 bridgehead atoms. The number of nitrogens with zero attached hydrogens (tertiary/aromatic N) is 1. The normalized spacial score (nSPS) is 24.1. The van der Waals surface area contributed by atoms with Crippen LogP contribution in [0.25, 0.3) is 0 Å². The average molecular weight is 235 g/mol. The molecule has 17 heavy (non-hydrogen) atoms. The molecule has 0 radical (unpaired) electrons. The average Bonchev–Trinajstić information content (AvgIpc) is 2.98. The van der Waals surface area contributed by atoms with Crippen LogP contribution in [0.15, 0.2) is 10.9 Å². The van der Waals surface area contributed by atoms with Gasteiger partial charge in [-0.2, -0.15) is 0 Å². The van der Waals surface area contributed by atoms with Crippen molar-refractivity contribution in [3.8, 4) is 0 Å². The highest BCUT2D eigenvalue weighted by Crippen LogP contribution is 2.25. The molecule has 1 aromatic rings. The number of hydrogen-bond donors (Lipinski definition) is 2. The number of aromatic nitrogens is 2. The molecule has 2 N–H and O–H groups in total. The predicted octanol–water partition coefficient (Wildman–Crippen LogP) is 0.873. The van der Waals surface area contributed by atoms with Gasteiger partial charge in [0.1, 0.15) is 11.9 Å². The highest BCUT2D eigenvalue weighted by atomic mass is 16.5. The van der Waals surface area contributed by atoms with Gasteiger partial charge in [-0.15, -0.1) is 0 Å². The van der Waals surface area contributed by atoms with E-state index < -0.39 is 0 Å². The Morgan fingerprint density at radius 2 is 2.35 bits per heavy atom. The Morgan fingerprint density at radius 1 is 1.47 bits per heavy atom. The molecule has 2 aliphatic rings. The number of nitrogens with one attached hydrogen (secondary N) is 2. The van der Waals surface area contributed by atoms with Gasteiger partial charge in [0.25, 0.3) is 5.56 Å². The summed E-state index contributed by atoms with van der Waals surface area (Å²) < 4.78 is 5.53. The van der Waals surface area contributed by atoms with E-state index in [0.717, 1.165) is 25.1 Å². The van der Waals surface area contributed by atoms with Gasteiger partial charge in [0.05, 0.1) is 5.69 Å². The van der Waals surface area contributed by atoms with Gasteiger partial charge in [-0.05, 0) is 25.7 Å². The van der Waals surface area contributed by atoms with E-state index in [-0.39, 0.29) is 11.7 Å². The number of hydrogen-bond acceptors (Lipinski definition) is 4. The third kappa shape index (κ3) is 2.73. The van der Waals surface area contributed by atoms with Crippen LogP contribution in [-0.4, -0.2) is 22.6 Å². The Labute approximate surface area is 99.6 Å². The smallest absolute Gasteiger partial charge is 0.251 e. The van der Waals surface area contributed by atoms with Gasteiger partial charge in [-0.3, -0.25) is 4.79 Å². The second-order valence-electron chi connectivity index (χ2n) is 4.78. The maximum Gasteiger partial charge on any atom is 0.251 e. The first kappa shape index (κ1) is 10.9. The van der Waals surface area contributed by atoms with Gasteiger partial charge < -0.3 is 15.0 Å². The van der Waals surface area contributed by atoms with E-state index in [9.17, 15) is 4.79 Å². The number of H-pyrrole nitrogens is 1. The minimum Gasteiger partial charge on any atom is -0.370 e. The molecule has 1 aliphatic carbocycles. The molecular formula is C12H17N3O2. The fourth-order valence-electron chi connectivity index (χ4n) is 2.10. The minimum absolute atomic E-state index is 0.0245. The molecule has 2 fully saturated rings. The number of ether oxygens (including phenoxy) is 1. The molecule has 1 aromatic heterocycles. The molecule has 5 nitrogen and oxygen atoms in total. The lowest BCUT2D eigenvalue weighted by Gasteiger charge is -2.10. The maximum atomic E-state index is 11.5. The standard InChI is InChI=1S/C12H17N3O2/c16-11-6-9(7-13-8-3-4-8)14-12(15-11)10-2-1-5-17-10/h6,8,10,13H,1-5,7H2,(H,14,15,16). The number of rotatable bonds is 4. The highest BCUT2D eigenvalue weighted by molar-refractivity contribution is 5.05. The van der Waals surface area contributed by atoms with Crippen LogP contribution >= 0.6 is 0 Å². The van der Waals surface area contributed by atoms with Crippen molar-refractivity contribution in [3.63, 3.8) is 0 Å². The van der Waals surface area contributed by atoms with Crippen molar-refractivity contribution in [2.24, 2.45) is 0 Å². The molecule has 1 saturated heterocycles. The van der Waals surface area contributed by atoms with Crippen LogP contribution in [0, 0.1) is 0 Å². The first-order chi connectivity index (χ1) is 8.31. The van der Waals surface area contributed by atoms with Crippen molar-refractivity contribution in [1.82, 2.24) is 15.3 Å². The fourth-order valence-corrected chi connectivity index (χ4v) is 2.10. The topological polar surface area (TPSA) is 67.0 Å². The summed E-state index contributed by atoms with van der Waals surface area (Å²) in [6, 6.07) is 2.19. The largest absolute Gasteiger partial charge is 0.370 e. The molecule has 0 spiro atoms. The van der Waals surface area contributed by atoms with Crippen LogP contribution in [0.5, 0.6) is 0 Å². The lowest BCUT2D eigenvalue weighted by atomic mass is 10.2. The van der Waals surface area contributed by atoms with E-state index in [0.29, 0.717) is 18.4 Å². The summed E-state index contributed by atoms with van der Waals surface area (Å²) >= 11 is 0. The first-order valence-corrected chi connectivity index (χ1v) is 6.26. The Balaban J connectivity index is 1.75. The molecule has 2 heterocycles. The van der Waals surface area contributed by atoms with Crippen LogP contribution in [0.3, 0.4) is 0 Å². The molecule has 1 atom stereocenters. The van der Waals surface area contributed by atoms with E-state index >= 15 is 0 Å². The van der Waals surface area contributed by atoms with Crippen molar-refractivity contribution in [1.29, 1.82) is 0 Å². The second kappa shape index (κ2) is 4.58. The summed E-state index contributed by atoms with van der Waals surface area (Å²) in [6.07, 6.45) is 4.44. The monoisotopic (exact) mass is 235 g/mol. The van der Waals surface area contributed by atoms with Crippen LogP contribution in [0.1, 0.15) is 43.3 Å². The van der Waals surface area contributed by atoms with Crippen LogP contribution in [-0.2, 0) is 11.3 Å². The molecule has 0 amide bonds. The Hall–Kier alpha value is -1.20. The fraction of sp³-hybridized carbons (Fsp3) is 0.667. The molecule has 92 valence electrons. The zero-order valence-corrected chi connectivity index (χ0v) is 9.74. The van der Waals surface area contributed by atoms with Gasteiger partial charge in [0, 0.05) is 25.3 Å². The van der Waals surface area contributed by atoms with Crippen molar-refractivity contribution in [2.75, 3.05) is 6.61 Å². The zero-order valence-electron chi connectivity index (χ0n) is 9.74. The minimum atomic E-state index is -0.0851. The van der Waals surface area contributed by atoms with E-state index in [4.69, 9.17) is 4.74 Å². The van der Waals surface area contributed by atoms with Crippen molar-refractivity contribution >= 4 is 0 Å². The summed E-state index contributed by atoms with van der Waals surface area (Å²) in [6.45, 7) is 1.44.